The van der Waals surface area contributed by atoms with E-state index in [9.17, 15) is 4.79 Å². The zero-order valence-corrected chi connectivity index (χ0v) is 13.7. The van der Waals surface area contributed by atoms with Crippen LogP contribution in [-0.2, 0) is 15.9 Å². The molecule has 1 N–H and O–H groups in total. The minimum Gasteiger partial charge on any atom is -0.382 e. The number of urea groups is 1. The molecule has 0 radical (unpaired) electrons. The van der Waals surface area contributed by atoms with Crippen molar-refractivity contribution >= 4 is 17.4 Å². The molecule has 1 aliphatic heterocycles. The first-order chi connectivity index (χ1) is 10.1. The van der Waals surface area contributed by atoms with Gasteiger partial charge in [-0.05, 0) is 26.0 Å². The predicted octanol–water partition coefficient (Wildman–Crippen LogP) is 2.04. The smallest absolute Gasteiger partial charge is 0.317 e. The van der Waals surface area contributed by atoms with Gasteiger partial charge in [0.25, 0.3) is 0 Å². The standard InChI is InChI=1S/C15H24N2O3S/c1-11(8-14-5-4-12(2)21-14)16-15(18)17-6-7-20-13(9-17)10-19-3/h4-5,11,13H,6-10H2,1-3H3,(H,16,18). The second-order valence-electron chi connectivity index (χ2n) is 5.46. The Morgan fingerprint density at radius 2 is 2.43 bits per heavy atom. The summed E-state index contributed by atoms with van der Waals surface area (Å²) in [6.45, 7) is 6.45. The number of rotatable bonds is 5. The van der Waals surface area contributed by atoms with Gasteiger partial charge in [-0.15, -0.1) is 11.3 Å². The summed E-state index contributed by atoms with van der Waals surface area (Å²) in [6.07, 6.45) is 0.848. The van der Waals surface area contributed by atoms with Gasteiger partial charge in [0.15, 0.2) is 0 Å². The molecule has 2 atom stereocenters. The summed E-state index contributed by atoms with van der Waals surface area (Å²) < 4.78 is 10.6. The molecule has 2 unspecified atom stereocenters. The van der Waals surface area contributed by atoms with Gasteiger partial charge >= 0.3 is 6.03 Å². The van der Waals surface area contributed by atoms with Crippen molar-refractivity contribution in [2.45, 2.75) is 32.4 Å². The molecule has 1 aromatic heterocycles. The van der Waals surface area contributed by atoms with E-state index in [2.05, 4.69) is 24.4 Å². The van der Waals surface area contributed by atoms with Crippen molar-refractivity contribution in [2.24, 2.45) is 0 Å². The molecule has 1 aromatic rings. The largest absolute Gasteiger partial charge is 0.382 e. The van der Waals surface area contributed by atoms with Gasteiger partial charge in [0.2, 0.25) is 0 Å². The second kappa shape index (κ2) is 7.77. The lowest BCUT2D eigenvalue weighted by atomic mass is 10.2. The van der Waals surface area contributed by atoms with Gasteiger partial charge in [0, 0.05) is 35.9 Å². The molecule has 118 valence electrons. The van der Waals surface area contributed by atoms with Crippen molar-refractivity contribution in [2.75, 3.05) is 33.4 Å². The number of hydrogen-bond donors (Lipinski definition) is 1. The van der Waals surface area contributed by atoms with E-state index in [1.807, 2.05) is 11.8 Å². The Balaban J connectivity index is 1.80. The maximum absolute atomic E-state index is 12.3. The van der Waals surface area contributed by atoms with E-state index in [1.165, 1.54) is 9.75 Å². The first-order valence-corrected chi connectivity index (χ1v) is 8.11. The number of ether oxygens (including phenoxy) is 2. The molecule has 5 nitrogen and oxygen atoms in total. The molecule has 21 heavy (non-hydrogen) atoms. The van der Waals surface area contributed by atoms with Crippen LogP contribution in [0.5, 0.6) is 0 Å². The van der Waals surface area contributed by atoms with Crippen LogP contribution in [0.3, 0.4) is 0 Å². The first kappa shape index (κ1) is 16.3. The monoisotopic (exact) mass is 312 g/mol. The number of nitrogens with one attached hydrogen (secondary N) is 1. The molecule has 6 heteroatoms. The quantitative estimate of drug-likeness (QED) is 0.905. The molecule has 1 fully saturated rings. The third kappa shape index (κ3) is 4.98. The summed E-state index contributed by atoms with van der Waals surface area (Å²) in [5.74, 6) is 0. The summed E-state index contributed by atoms with van der Waals surface area (Å²) in [5.41, 5.74) is 0. The van der Waals surface area contributed by atoms with Crippen molar-refractivity contribution < 1.29 is 14.3 Å². The van der Waals surface area contributed by atoms with Gasteiger partial charge in [-0.25, -0.2) is 4.79 Å². The predicted molar refractivity (Wildman–Crippen MR) is 83.9 cm³/mol. The maximum Gasteiger partial charge on any atom is 0.317 e. The molecule has 0 saturated carbocycles. The van der Waals surface area contributed by atoms with Crippen molar-refractivity contribution in [1.29, 1.82) is 0 Å². The molecular formula is C15H24N2O3S. The van der Waals surface area contributed by atoms with E-state index in [4.69, 9.17) is 9.47 Å². The van der Waals surface area contributed by atoms with Gasteiger partial charge in [0.05, 0.1) is 25.9 Å². The SMILES string of the molecule is COCC1CN(C(=O)NC(C)Cc2ccc(C)s2)CCO1. The van der Waals surface area contributed by atoms with Gasteiger partial charge in [-0.2, -0.15) is 0 Å². The van der Waals surface area contributed by atoms with Crippen LogP contribution in [0.4, 0.5) is 4.79 Å². The van der Waals surface area contributed by atoms with Gasteiger partial charge in [-0.3, -0.25) is 0 Å². The fourth-order valence-electron chi connectivity index (χ4n) is 2.44. The van der Waals surface area contributed by atoms with Crippen LogP contribution in [0.15, 0.2) is 12.1 Å². The molecule has 0 bridgehead atoms. The van der Waals surface area contributed by atoms with E-state index in [0.717, 1.165) is 6.42 Å². The maximum atomic E-state index is 12.3. The number of thiophene rings is 1. The Kier molecular flexibility index (Phi) is 6.02. The van der Waals surface area contributed by atoms with Crippen LogP contribution in [-0.4, -0.2) is 56.5 Å². The van der Waals surface area contributed by atoms with E-state index in [-0.39, 0.29) is 18.2 Å². The van der Waals surface area contributed by atoms with E-state index >= 15 is 0 Å². The van der Waals surface area contributed by atoms with Crippen LogP contribution in [0.25, 0.3) is 0 Å². The molecule has 2 amide bonds. The Morgan fingerprint density at radius 1 is 1.62 bits per heavy atom. The molecule has 1 aliphatic rings. The van der Waals surface area contributed by atoms with E-state index in [1.54, 1.807) is 18.4 Å². The normalized spacial score (nSPS) is 20.3. The fourth-order valence-corrected chi connectivity index (χ4v) is 3.46. The van der Waals surface area contributed by atoms with Crippen LogP contribution in [0, 0.1) is 6.92 Å². The zero-order chi connectivity index (χ0) is 15.2. The minimum atomic E-state index is -0.0234. The highest BCUT2D eigenvalue weighted by Crippen LogP contribution is 2.17. The highest BCUT2D eigenvalue weighted by molar-refractivity contribution is 7.11. The third-order valence-electron chi connectivity index (χ3n) is 3.45. The third-order valence-corrected chi connectivity index (χ3v) is 4.47. The zero-order valence-electron chi connectivity index (χ0n) is 12.9. The number of hydrogen-bond acceptors (Lipinski definition) is 4. The number of methoxy groups -OCH3 is 1. The molecule has 2 heterocycles. The number of carbonyl (C=O) groups is 1. The van der Waals surface area contributed by atoms with Crippen LogP contribution >= 0.6 is 11.3 Å². The lowest BCUT2D eigenvalue weighted by molar-refractivity contribution is -0.0496. The Morgan fingerprint density at radius 3 is 3.10 bits per heavy atom. The van der Waals surface area contributed by atoms with Crippen molar-refractivity contribution in [3.05, 3.63) is 21.9 Å². The summed E-state index contributed by atoms with van der Waals surface area (Å²) in [4.78, 5) is 16.7. The lowest BCUT2D eigenvalue weighted by Crippen LogP contribution is -2.52. The average molecular weight is 312 g/mol. The number of nitrogens with zero attached hydrogens (tertiary/aromatic N) is 1. The second-order valence-corrected chi connectivity index (χ2v) is 6.83. The van der Waals surface area contributed by atoms with Crippen LogP contribution < -0.4 is 5.32 Å². The van der Waals surface area contributed by atoms with E-state index in [0.29, 0.717) is 26.3 Å². The van der Waals surface area contributed by atoms with E-state index < -0.39 is 0 Å². The first-order valence-electron chi connectivity index (χ1n) is 7.29. The molecular weight excluding hydrogens is 288 g/mol. The van der Waals surface area contributed by atoms with Gasteiger partial charge in [0.1, 0.15) is 0 Å². The van der Waals surface area contributed by atoms with Crippen molar-refractivity contribution in [3.63, 3.8) is 0 Å². The number of morpholine rings is 1. The number of amides is 2. The Bertz CT molecular complexity index is 462. The summed E-state index contributed by atoms with van der Waals surface area (Å²) in [6, 6.07) is 4.36. The van der Waals surface area contributed by atoms with Crippen LogP contribution in [0.1, 0.15) is 16.7 Å². The van der Waals surface area contributed by atoms with Gasteiger partial charge in [-0.1, -0.05) is 0 Å². The van der Waals surface area contributed by atoms with Crippen molar-refractivity contribution in [3.8, 4) is 0 Å². The fraction of sp³-hybridized carbons (Fsp3) is 0.667. The number of aryl methyl sites for hydroxylation is 1. The molecule has 0 aromatic carbocycles. The minimum absolute atomic E-state index is 0.0137. The Hall–Kier alpha value is -1.11. The topological polar surface area (TPSA) is 50.8 Å². The summed E-state index contributed by atoms with van der Waals surface area (Å²) >= 11 is 1.78. The molecule has 0 spiro atoms. The van der Waals surface area contributed by atoms with Crippen molar-refractivity contribution in [1.82, 2.24) is 10.2 Å². The van der Waals surface area contributed by atoms with Gasteiger partial charge < -0.3 is 19.7 Å². The Labute approximate surface area is 130 Å². The molecule has 0 aliphatic carbocycles. The van der Waals surface area contributed by atoms with Crippen LogP contribution in [0.2, 0.25) is 0 Å². The molecule has 1 saturated heterocycles. The average Bonchev–Trinajstić information content (AvgIpc) is 2.84. The summed E-state index contributed by atoms with van der Waals surface area (Å²) in [7, 11) is 1.65. The molecule has 2 rings (SSSR count). The lowest BCUT2D eigenvalue weighted by Gasteiger charge is -2.33. The summed E-state index contributed by atoms with van der Waals surface area (Å²) in [5, 5.41) is 3.07. The number of carbonyl (C=O) groups excluding carboxylic acids is 1. The highest BCUT2D eigenvalue weighted by Gasteiger charge is 2.24. The highest BCUT2D eigenvalue weighted by atomic mass is 32.1.